The Morgan fingerprint density at radius 3 is 1.73 bits per heavy atom. The molecule has 130 valence electrons. The number of rotatable bonds is 6. The van der Waals surface area contributed by atoms with Gasteiger partial charge in [-0.25, -0.2) is 0 Å². The number of carbonyl (C=O) groups is 2. The molecule has 2 amide bonds. The van der Waals surface area contributed by atoms with Gasteiger partial charge < -0.3 is 10.6 Å². The van der Waals surface area contributed by atoms with Gasteiger partial charge in [-0.2, -0.15) is 8.42 Å². The highest BCUT2D eigenvalue weighted by Crippen LogP contribution is 2.13. The van der Waals surface area contributed by atoms with E-state index < -0.39 is 32.4 Å². The average molecular weight is 336 g/mol. The minimum atomic E-state index is -4.40. The van der Waals surface area contributed by atoms with E-state index in [2.05, 4.69) is 10.6 Å². The third-order valence-corrected chi connectivity index (χ3v) is 3.80. The predicted octanol–water partition coefficient (Wildman–Crippen LogP) is 1.24. The summed E-state index contributed by atoms with van der Waals surface area (Å²) in [5, 5.41) is 4.04. The summed E-state index contributed by atoms with van der Waals surface area (Å²) in [6.45, 7) is 10.7. The summed E-state index contributed by atoms with van der Waals surface area (Å²) in [6, 6.07) is 0. The quantitative estimate of drug-likeness (QED) is 0.632. The van der Waals surface area contributed by atoms with Gasteiger partial charge in [0.1, 0.15) is 0 Å². The van der Waals surface area contributed by atoms with Crippen LogP contribution in [-0.2, 0) is 19.7 Å². The Morgan fingerprint density at radius 1 is 0.955 bits per heavy atom. The molecular weight excluding hydrogens is 308 g/mol. The molecule has 0 rings (SSSR count). The fourth-order valence-electron chi connectivity index (χ4n) is 1.81. The lowest BCUT2D eigenvalue weighted by Gasteiger charge is -2.23. The second-order valence-electron chi connectivity index (χ2n) is 7.48. The molecule has 0 aromatic carbocycles. The summed E-state index contributed by atoms with van der Waals surface area (Å²) in [6.07, 6.45) is -0.568. The maximum absolute atomic E-state index is 11.8. The van der Waals surface area contributed by atoms with E-state index in [1.807, 2.05) is 20.8 Å². The number of nitrogens with one attached hydrogen (secondary N) is 2. The van der Waals surface area contributed by atoms with Crippen molar-refractivity contribution < 1.29 is 22.6 Å². The molecule has 0 heterocycles. The summed E-state index contributed by atoms with van der Waals surface area (Å²) in [5.41, 5.74) is -0.918. The number of hydrogen-bond acceptors (Lipinski definition) is 4. The van der Waals surface area contributed by atoms with Crippen LogP contribution in [0.4, 0.5) is 0 Å². The highest BCUT2D eigenvalue weighted by Gasteiger charge is 2.28. The molecule has 0 fully saturated rings. The van der Waals surface area contributed by atoms with Crippen LogP contribution >= 0.6 is 0 Å². The van der Waals surface area contributed by atoms with Gasteiger partial charge in [-0.3, -0.25) is 14.1 Å². The highest BCUT2D eigenvalue weighted by atomic mass is 32.2. The zero-order valence-electron chi connectivity index (χ0n) is 14.2. The fourth-order valence-corrected chi connectivity index (χ4v) is 2.58. The molecule has 0 aromatic rings. The molecule has 7 nitrogen and oxygen atoms in total. The van der Waals surface area contributed by atoms with Crippen LogP contribution in [0.2, 0.25) is 0 Å². The molecule has 0 radical (unpaired) electrons. The van der Waals surface area contributed by atoms with Crippen molar-refractivity contribution in [2.45, 2.75) is 77.1 Å². The Bertz CT molecular complexity index is 500. The van der Waals surface area contributed by atoms with Gasteiger partial charge in [0.05, 0.1) is 5.25 Å². The van der Waals surface area contributed by atoms with E-state index in [1.165, 1.54) is 0 Å². The Morgan fingerprint density at radius 2 is 1.36 bits per heavy atom. The summed E-state index contributed by atoms with van der Waals surface area (Å²) in [7, 11) is -4.40. The van der Waals surface area contributed by atoms with Crippen LogP contribution in [0.25, 0.3) is 0 Å². The van der Waals surface area contributed by atoms with E-state index in [1.54, 1.807) is 20.8 Å². The maximum Gasteiger partial charge on any atom is 0.268 e. The van der Waals surface area contributed by atoms with E-state index in [0.29, 0.717) is 0 Å². The molecule has 3 N–H and O–H groups in total. The van der Waals surface area contributed by atoms with Gasteiger partial charge in [0.25, 0.3) is 10.1 Å². The maximum atomic E-state index is 11.8. The zero-order chi connectivity index (χ0) is 17.8. The average Bonchev–Trinajstić information content (AvgIpc) is 2.16. The van der Waals surface area contributed by atoms with Crippen LogP contribution in [0.15, 0.2) is 0 Å². The molecule has 0 aliphatic carbocycles. The van der Waals surface area contributed by atoms with Gasteiger partial charge in [0.15, 0.2) is 0 Å². The second-order valence-corrected chi connectivity index (χ2v) is 9.17. The lowest BCUT2D eigenvalue weighted by atomic mass is 10.1. The molecular formula is C14H28N2O5S. The molecule has 1 atom stereocenters. The van der Waals surface area contributed by atoms with Gasteiger partial charge >= 0.3 is 0 Å². The third-order valence-electron chi connectivity index (χ3n) is 2.56. The predicted molar refractivity (Wildman–Crippen MR) is 85.0 cm³/mol. The Kier molecular flexibility index (Phi) is 7.02. The smallest absolute Gasteiger partial charge is 0.268 e. The molecule has 1 unspecified atom stereocenters. The van der Waals surface area contributed by atoms with Crippen LogP contribution in [0.5, 0.6) is 0 Å². The summed E-state index contributed by atoms with van der Waals surface area (Å²) >= 11 is 0. The van der Waals surface area contributed by atoms with Crippen LogP contribution < -0.4 is 10.6 Å². The highest BCUT2D eigenvalue weighted by molar-refractivity contribution is 7.86. The number of carbonyl (C=O) groups excluding carboxylic acids is 2. The zero-order valence-corrected chi connectivity index (χ0v) is 15.0. The minimum Gasteiger partial charge on any atom is -0.352 e. The first-order valence-corrected chi connectivity index (χ1v) is 8.69. The van der Waals surface area contributed by atoms with Crippen LogP contribution in [0.1, 0.15) is 60.8 Å². The van der Waals surface area contributed by atoms with E-state index in [4.69, 9.17) is 0 Å². The Balaban J connectivity index is 4.69. The molecule has 0 aliphatic heterocycles. The lowest BCUT2D eigenvalue weighted by molar-refractivity contribution is -0.124. The first-order chi connectivity index (χ1) is 9.60. The van der Waals surface area contributed by atoms with Crippen molar-refractivity contribution in [3.05, 3.63) is 0 Å². The first-order valence-electron chi connectivity index (χ1n) is 7.18. The molecule has 0 aromatic heterocycles. The van der Waals surface area contributed by atoms with Crippen molar-refractivity contribution in [3.63, 3.8) is 0 Å². The summed E-state index contributed by atoms with van der Waals surface area (Å²) in [5.74, 6) is -0.802. The van der Waals surface area contributed by atoms with Gasteiger partial charge in [0.2, 0.25) is 11.8 Å². The van der Waals surface area contributed by atoms with Crippen molar-refractivity contribution in [2.75, 3.05) is 0 Å². The van der Waals surface area contributed by atoms with Crippen LogP contribution in [0.3, 0.4) is 0 Å². The van der Waals surface area contributed by atoms with Gasteiger partial charge in [-0.1, -0.05) is 0 Å². The molecule has 22 heavy (non-hydrogen) atoms. The fraction of sp³-hybridized carbons (Fsp3) is 0.857. The van der Waals surface area contributed by atoms with E-state index in [-0.39, 0.29) is 25.2 Å². The first kappa shape index (κ1) is 20.9. The topological polar surface area (TPSA) is 113 Å². The van der Waals surface area contributed by atoms with Gasteiger partial charge in [0, 0.05) is 23.9 Å². The molecule has 0 saturated carbocycles. The molecule has 0 saturated heterocycles. The monoisotopic (exact) mass is 336 g/mol. The van der Waals surface area contributed by atoms with Crippen molar-refractivity contribution in [3.8, 4) is 0 Å². The van der Waals surface area contributed by atoms with E-state index >= 15 is 0 Å². The molecule has 0 bridgehead atoms. The Labute approximate surface area is 133 Å². The molecule has 0 spiro atoms. The second kappa shape index (κ2) is 7.41. The van der Waals surface area contributed by atoms with Crippen molar-refractivity contribution >= 4 is 21.9 Å². The Hall–Kier alpha value is -1.15. The van der Waals surface area contributed by atoms with E-state index in [9.17, 15) is 22.6 Å². The minimum absolute atomic E-state index is 0.0788. The van der Waals surface area contributed by atoms with Crippen molar-refractivity contribution in [1.82, 2.24) is 10.6 Å². The molecule has 8 heteroatoms. The standard InChI is InChI=1S/C14H28N2O5S/c1-13(2,3)15-11(17)8-7-10(22(19,20)21)9-12(18)16-14(4,5)6/h10H,7-9H2,1-6H3,(H,15,17)(H,16,18)(H,19,20,21). The van der Waals surface area contributed by atoms with Gasteiger partial charge in [-0.15, -0.1) is 0 Å². The number of hydrogen-bond donors (Lipinski definition) is 3. The lowest BCUT2D eigenvalue weighted by Crippen LogP contribution is -2.43. The summed E-state index contributed by atoms with van der Waals surface area (Å²) < 4.78 is 32.0. The number of amides is 2. The van der Waals surface area contributed by atoms with E-state index in [0.717, 1.165) is 0 Å². The summed E-state index contributed by atoms with van der Waals surface area (Å²) in [4.78, 5) is 23.5. The normalized spacial score (nSPS) is 14.3. The van der Waals surface area contributed by atoms with Crippen molar-refractivity contribution in [1.29, 1.82) is 0 Å². The third kappa shape index (κ3) is 10.6. The van der Waals surface area contributed by atoms with Crippen molar-refractivity contribution in [2.24, 2.45) is 0 Å². The largest absolute Gasteiger partial charge is 0.352 e. The van der Waals surface area contributed by atoms with Crippen LogP contribution in [0, 0.1) is 0 Å². The van der Waals surface area contributed by atoms with Crippen LogP contribution in [-0.4, -0.2) is 41.1 Å². The molecule has 0 aliphatic rings. The SMILES string of the molecule is CC(C)(C)NC(=O)CCC(CC(=O)NC(C)(C)C)S(=O)(=O)O. The van der Waals surface area contributed by atoms with Gasteiger partial charge in [-0.05, 0) is 48.0 Å².